The number of nitrogens with zero attached hydrogens (tertiary/aromatic N) is 1. The molecule has 19 heavy (non-hydrogen) atoms. The van der Waals surface area contributed by atoms with Crippen molar-refractivity contribution < 1.29 is 9.60 Å². The Labute approximate surface area is 117 Å². The van der Waals surface area contributed by atoms with Gasteiger partial charge in [-0.1, -0.05) is 24.2 Å². The molecule has 0 amide bonds. The highest BCUT2D eigenvalue weighted by Gasteiger charge is 2.12. The molecule has 0 bridgehead atoms. The van der Waals surface area contributed by atoms with Crippen molar-refractivity contribution in [3.8, 4) is 0 Å². The third-order valence-electron chi connectivity index (χ3n) is 2.90. The summed E-state index contributed by atoms with van der Waals surface area (Å²) in [7, 11) is 0. The summed E-state index contributed by atoms with van der Waals surface area (Å²) >= 11 is 1.76. The van der Waals surface area contributed by atoms with E-state index in [2.05, 4.69) is 17.4 Å². The van der Waals surface area contributed by atoms with Crippen LogP contribution in [0.2, 0.25) is 0 Å². The molecular weight excluding hydrogens is 265 g/mol. The van der Waals surface area contributed by atoms with Gasteiger partial charge in [0.2, 0.25) is 0 Å². The molecule has 4 N–H and O–H groups in total. The molecule has 0 spiro atoms. The monoisotopic (exact) mass is 285 g/mol. The third-order valence-corrected chi connectivity index (χ3v) is 3.64. The van der Waals surface area contributed by atoms with Crippen LogP contribution >= 0.6 is 11.8 Å². The van der Waals surface area contributed by atoms with E-state index in [1.54, 1.807) is 23.9 Å². The molecule has 0 aromatic heterocycles. The molecule has 4 nitrogen and oxygen atoms in total. The first-order chi connectivity index (χ1) is 9.13. The van der Waals surface area contributed by atoms with Crippen molar-refractivity contribution in [3.05, 3.63) is 35.1 Å². The number of rotatable bonds is 7. The van der Waals surface area contributed by atoms with Crippen molar-refractivity contribution in [2.45, 2.75) is 25.9 Å². The maximum absolute atomic E-state index is 14.1. The minimum absolute atomic E-state index is 0.125. The average molecular weight is 285 g/mol. The van der Waals surface area contributed by atoms with Gasteiger partial charge in [0.15, 0.2) is 5.84 Å². The summed E-state index contributed by atoms with van der Waals surface area (Å²) in [6, 6.07) is 5.24. The van der Waals surface area contributed by atoms with Crippen LogP contribution in [-0.4, -0.2) is 29.1 Å². The summed E-state index contributed by atoms with van der Waals surface area (Å²) in [4.78, 5) is 0. The molecule has 1 rings (SSSR count). The van der Waals surface area contributed by atoms with Gasteiger partial charge in [0.1, 0.15) is 5.82 Å². The number of oxime groups is 1. The Balaban J connectivity index is 2.79. The fourth-order valence-corrected chi connectivity index (χ4v) is 2.50. The van der Waals surface area contributed by atoms with Crippen LogP contribution in [0.15, 0.2) is 23.4 Å². The molecule has 0 saturated carbocycles. The Bertz CT molecular complexity index is 440. The zero-order chi connectivity index (χ0) is 14.3. The second-order valence-corrected chi connectivity index (χ2v) is 5.12. The lowest BCUT2D eigenvalue weighted by molar-refractivity contribution is 0.318. The molecule has 0 radical (unpaired) electrons. The summed E-state index contributed by atoms with van der Waals surface area (Å²) in [5.74, 6) is 0.331. The average Bonchev–Trinajstić information content (AvgIpc) is 2.43. The Hall–Kier alpha value is -1.27. The Morgan fingerprint density at radius 2 is 2.32 bits per heavy atom. The number of nitrogens with one attached hydrogen (secondary N) is 1. The zero-order valence-corrected chi connectivity index (χ0v) is 12.0. The number of hydrogen-bond acceptors (Lipinski definition) is 4. The lowest BCUT2D eigenvalue weighted by Crippen LogP contribution is -2.30. The van der Waals surface area contributed by atoms with Gasteiger partial charge in [0.05, 0.1) is 5.56 Å². The number of nitrogens with two attached hydrogens (primary N) is 1. The summed E-state index contributed by atoms with van der Waals surface area (Å²) in [5.41, 5.74) is 6.07. The molecule has 0 aliphatic heterocycles. The minimum atomic E-state index is -0.440. The quantitative estimate of drug-likeness (QED) is 0.311. The van der Waals surface area contributed by atoms with E-state index < -0.39 is 5.82 Å². The van der Waals surface area contributed by atoms with Crippen LogP contribution in [0.5, 0.6) is 0 Å². The van der Waals surface area contributed by atoms with Gasteiger partial charge in [-0.2, -0.15) is 11.8 Å². The van der Waals surface area contributed by atoms with Crippen LogP contribution in [0.3, 0.4) is 0 Å². The molecule has 106 valence electrons. The Morgan fingerprint density at radius 3 is 2.89 bits per heavy atom. The molecular formula is C13H20FN3OS. The topological polar surface area (TPSA) is 70.6 Å². The first-order valence-corrected chi connectivity index (χ1v) is 7.51. The van der Waals surface area contributed by atoms with Crippen molar-refractivity contribution in [2.75, 3.05) is 12.0 Å². The van der Waals surface area contributed by atoms with Gasteiger partial charge in [-0.05, 0) is 18.7 Å². The highest BCUT2D eigenvalue weighted by atomic mass is 32.2. The van der Waals surface area contributed by atoms with Crippen LogP contribution in [-0.2, 0) is 6.54 Å². The van der Waals surface area contributed by atoms with Crippen LogP contribution in [0.1, 0.15) is 24.5 Å². The van der Waals surface area contributed by atoms with Crippen LogP contribution in [0.4, 0.5) is 4.39 Å². The number of amidine groups is 1. The van der Waals surface area contributed by atoms with E-state index in [0.717, 1.165) is 12.2 Å². The molecule has 1 unspecified atom stereocenters. The van der Waals surface area contributed by atoms with Crippen LogP contribution < -0.4 is 11.1 Å². The van der Waals surface area contributed by atoms with Gasteiger partial charge in [0.25, 0.3) is 0 Å². The van der Waals surface area contributed by atoms with E-state index >= 15 is 0 Å². The standard InChI is InChI=1S/C13H20FN3OS/c1-3-10(8-19-2)16-7-9-5-4-6-11(12(9)14)13(15)17-18/h4-6,10,16,18H,3,7-8H2,1-2H3,(H2,15,17). The van der Waals surface area contributed by atoms with Gasteiger partial charge in [0, 0.05) is 23.9 Å². The molecule has 0 fully saturated rings. The smallest absolute Gasteiger partial charge is 0.173 e. The van der Waals surface area contributed by atoms with Crippen molar-refractivity contribution >= 4 is 17.6 Å². The van der Waals surface area contributed by atoms with E-state index in [9.17, 15) is 4.39 Å². The lowest BCUT2D eigenvalue weighted by Gasteiger charge is -2.16. The summed E-state index contributed by atoms with van der Waals surface area (Å²) < 4.78 is 14.1. The fraction of sp³-hybridized carbons (Fsp3) is 0.462. The minimum Gasteiger partial charge on any atom is -0.409 e. The van der Waals surface area contributed by atoms with Crippen molar-refractivity contribution in [2.24, 2.45) is 10.9 Å². The lowest BCUT2D eigenvalue weighted by atomic mass is 10.1. The Morgan fingerprint density at radius 1 is 1.58 bits per heavy atom. The predicted molar refractivity (Wildman–Crippen MR) is 78.2 cm³/mol. The first-order valence-electron chi connectivity index (χ1n) is 6.11. The number of halogens is 1. The van der Waals surface area contributed by atoms with E-state index in [-0.39, 0.29) is 11.4 Å². The summed E-state index contributed by atoms with van der Waals surface area (Å²) in [6.07, 6.45) is 3.03. The van der Waals surface area contributed by atoms with Crippen LogP contribution in [0, 0.1) is 5.82 Å². The molecule has 1 atom stereocenters. The maximum atomic E-state index is 14.1. The van der Waals surface area contributed by atoms with E-state index in [0.29, 0.717) is 18.2 Å². The molecule has 6 heteroatoms. The highest BCUT2D eigenvalue weighted by Crippen LogP contribution is 2.13. The zero-order valence-electron chi connectivity index (χ0n) is 11.2. The van der Waals surface area contributed by atoms with Crippen molar-refractivity contribution in [1.29, 1.82) is 0 Å². The van der Waals surface area contributed by atoms with Crippen molar-refractivity contribution in [3.63, 3.8) is 0 Å². The molecule has 0 saturated heterocycles. The fourth-order valence-electron chi connectivity index (χ4n) is 1.74. The highest BCUT2D eigenvalue weighted by molar-refractivity contribution is 7.98. The normalized spacial score (nSPS) is 13.5. The van der Waals surface area contributed by atoms with E-state index in [1.807, 2.05) is 6.26 Å². The summed E-state index contributed by atoms with van der Waals surface area (Å²) in [6.45, 7) is 2.52. The SMILES string of the molecule is CCC(CSC)NCc1cccc(/C(N)=N/O)c1F. The first kappa shape index (κ1) is 15.8. The summed E-state index contributed by atoms with van der Waals surface area (Å²) in [5, 5.41) is 14.7. The number of benzene rings is 1. The van der Waals surface area contributed by atoms with Gasteiger partial charge < -0.3 is 16.3 Å². The number of hydrogen-bond donors (Lipinski definition) is 3. The van der Waals surface area contributed by atoms with Crippen LogP contribution in [0.25, 0.3) is 0 Å². The Kier molecular flexibility index (Phi) is 6.66. The second-order valence-electron chi connectivity index (χ2n) is 4.21. The number of thioether (sulfide) groups is 1. The molecule has 1 aromatic carbocycles. The van der Waals surface area contributed by atoms with Gasteiger partial charge in [-0.25, -0.2) is 4.39 Å². The van der Waals surface area contributed by atoms with Gasteiger partial charge >= 0.3 is 0 Å². The predicted octanol–water partition coefficient (Wildman–Crippen LogP) is 2.15. The molecule has 0 heterocycles. The largest absolute Gasteiger partial charge is 0.409 e. The third kappa shape index (κ3) is 4.40. The molecule has 0 aliphatic rings. The van der Waals surface area contributed by atoms with Gasteiger partial charge in [-0.15, -0.1) is 0 Å². The van der Waals surface area contributed by atoms with Gasteiger partial charge in [-0.3, -0.25) is 0 Å². The van der Waals surface area contributed by atoms with Crippen molar-refractivity contribution in [1.82, 2.24) is 5.32 Å². The molecule has 0 aliphatic carbocycles. The van der Waals surface area contributed by atoms with E-state index in [4.69, 9.17) is 10.9 Å². The maximum Gasteiger partial charge on any atom is 0.173 e. The molecule has 1 aromatic rings. The second kappa shape index (κ2) is 8.01. The van der Waals surface area contributed by atoms with E-state index in [1.165, 1.54) is 6.07 Å².